The molecular weight excluding hydrogens is 438 g/mol. The van der Waals surface area contributed by atoms with Gasteiger partial charge in [0.1, 0.15) is 23.9 Å². The number of amides is 1. The van der Waals surface area contributed by atoms with Crippen molar-refractivity contribution in [1.82, 2.24) is 30.2 Å². The number of amidine groups is 1. The number of nitrogens with one attached hydrogen (secondary N) is 1. The number of rotatable bonds is 4. The standard InChI is InChI=1S/C15H19N3O3.2C4H4N2.H2O/c1-5-9-6-10(13(19)20)11(16-7-9)12-17-14(21)15(4,18-12)8(2)3;2*1-2-5-4-6-3-1;/h6-8H,5H2,1-4H3,(H,19,20)(H,17,18,21);2*1-4H;1H2. The Morgan fingerprint density at radius 1 is 1.06 bits per heavy atom. The zero-order chi connectivity index (χ0) is 24.3. The van der Waals surface area contributed by atoms with Gasteiger partial charge in [-0.1, -0.05) is 20.8 Å². The van der Waals surface area contributed by atoms with E-state index in [4.69, 9.17) is 0 Å². The molecule has 1 unspecified atom stereocenters. The number of pyridine rings is 1. The molecule has 0 aliphatic carbocycles. The number of carbonyl (C=O) groups is 2. The Morgan fingerprint density at radius 2 is 1.59 bits per heavy atom. The molecule has 0 spiro atoms. The molecule has 1 aliphatic heterocycles. The van der Waals surface area contributed by atoms with Crippen LogP contribution in [0.15, 0.2) is 66.8 Å². The topological polar surface area (TPSA) is 175 Å². The van der Waals surface area contributed by atoms with Gasteiger partial charge in [-0.3, -0.25) is 9.78 Å². The third kappa shape index (κ3) is 7.48. The molecule has 11 nitrogen and oxygen atoms in total. The lowest BCUT2D eigenvalue weighted by Crippen LogP contribution is -2.41. The summed E-state index contributed by atoms with van der Waals surface area (Å²) in [5.41, 5.74) is 0.197. The van der Waals surface area contributed by atoms with Crippen molar-refractivity contribution in [2.45, 2.75) is 39.7 Å². The van der Waals surface area contributed by atoms with Gasteiger partial charge < -0.3 is 15.9 Å². The first-order valence-electron chi connectivity index (χ1n) is 10.3. The molecule has 180 valence electrons. The van der Waals surface area contributed by atoms with Gasteiger partial charge in [-0.2, -0.15) is 0 Å². The summed E-state index contributed by atoms with van der Waals surface area (Å²) in [6.07, 6.45) is 12.1. The van der Waals surface area contributed by atoms with Crippen LogP contribution in [-0.4, -0.2) is 58.8 Å². The maximum atomic E-state index is 12.1. The number of nitrogens with zero attached hydrogens (tertiary/aromatic N) is 6. The van der Waals surface area contributed by atoms with Gasteiger partial charge in [-0.15, -0.1) is 0 Å². The summed E-state index contributed by atoms with van der Waals surface area (Å²) in [6.45, 7) is 7.46. The monoisotopic (exact) mass is 467 g/mol. The second-order valence-electron chi connectivity index (χ2n) is 7.42. The van der Waals surface area contributed by atoms with E-state index >= 15 is 0 Å². The van der Waals surface area contributed by atoms with Gasteiger partial charge in [0, 0.05) is 31.0 Å². The van der Waals surface area contributed by atoms with E-state index < -0.39 is 11.5 Å². The Labute approximate surface area is 197 Å². The summed E-state index contributed by atoms with van der Waals surface area (Å²) >= 11 is 0. The number of carbonyl (C=O) groups excluding carboxylic acids is 1. The highest BCUT2D eigenvalue weighted by atomic mass is 16.4. The molecule has 0 saturated heterocycles. The molecule has 4 N–H and O–H groups in total. The molecule has 1 amide bonds. The van der Waals surface area contributed by atoms with Crippen LogP contribution in [0.1, 0.15) is 49.3 Å². The number of aryl methyl sites for hydroxylation is 1. The number of carboxylic acid groups (broad SMARTS) is 1. The zero-order valence-electron chi connectivity index (χ0n) is 19.5. The minimum absolute atomic E-state index is 0. The molecule has 3 aromatic heterocycles. The van der Waals surface area contributed by atoms with Gasteiger partial charge >= 0.3 is 5.97 Å². The fourth-order valence-corrected chi connectivity index (χ4v) is 2.61. The van der Waals surface area contributed by atoms with E-state index in [1.807, 2.05) is 20.8 Å². The van der Waals surface area contributed by atoms with E-state index in [0.29, 0.717) is 6.42 Å². The second kappa shape index (κ2) is 13.4. The van der Waals surface area contributed by atoms with Crippen molar-refractivity contribution in [2.75, 3.05) is 0 Å². The van der Waals surface area contributed by atoms with Crippen LogP contribution >= 0.6 is 0 Å². The Kier molecular flexibility index (Phi) is 11.0. The first-order valence-corrected chi connectivity index (χ1v) is 10.3. The van der Waals surface area contributed by atoms with Gasteiger partial charge in [-0.25, -0.2) is 29.7 Å². The van der Waals surface area contributed by atoms with Crippen LogP contribution < -0.4 is 5.32 Å². The van der Waals surface area contributed by atoms with Crippen LogP contribution in [0.3, 0.4) is 0 Å². The second-order valence-corrected chi connectivity index (χ2v) is 7.42. The molecule has 3 aromatic rings. The van der Waals surface area contributed by atoms with Crippen molar-refractivity contribution in [3.05, 3.63) is 78.7 Å². The van der Waals surface area contributed by atoms with Crippen molar-refractivity contribution >= 4 is 17.7 Å². The van der Waals surface area contributed by atoms with Crippen LogP contribution in [0.25, 0.3) is 0 Å². The first kappa shape index (κ1) is 27.9. The average Bonchev–Trinajstić information content (AvgIpc) is 3.17. The minimum Gasteiger partial charge on any atom is -0.478 e. The van der Waals surface area contributed by atoms with Crippen LogP contribution in [0.5, 0.6) is 0 Å². The van der Waals surface area contributed by atoms with E-state index in [1.165, 1.54) is 12.7 Å². The quantitative estimate of drug-likeness (QED) is 0.583. The summed E-state index contributed by atoms with van der Waals surface area (Å²) in [6, 6.07) is 5.13. The summed E-state index contributed by atoms with van der Waals surface area (Å²) in [7, 11) is 0. The van der Waals surface area contributed by atoms with Crippen molar-refractivity contribution in [2.24, 2.45) is 10.9 Å². The smallest absolute Gasteiger partial charge is 0.338 e. The van der Waals surface area contributed by atoms with Crippen molar-refractivity contribution < 1.29 is 20.2 Å². The highest BCUT2D eigenvalue weighted by Gasteiger charge is 2.43. The lowest BCUT2D eigenvalue weighted by atomic mass is 9.89. The van der Waals surface area contributed by atoms with Crippen LogP contribution in [0.2, 0.25) is 0 Å². The molecule has 4 rings (SSSR count). The highest BCUT2D eigenvalue weighted by molar-refractivity contribution is 6.17. The molecule has 0 aromatic carbocycles. The Morgan fingerprint density at radius 3 is 1.91 bits per heavy atom. The van der Waals surface area contributed by atoms with Crippen molar-refractivity contribution in [1.29, 1.82) is 0 Å². The molecular formula is C23H29N7O4. The zero-order valence-corrected chi connectivity index (χ0v) is 19.5. The van der Waals surface area contributed by atoms with E-state index in [1.54, 1.807) is 56.1 Å². The fraction of sp³-hybridized carbons (Fsp3) is 0.304. The number of aromatic carboxylic acids is 1. The van der Waals surface area contributed by atoms with Gasteiger partial charge in [0.25, 0.3) is 5.91 Å². The largest absolute Gasteiger partial charge is 0.478 e. The average molecular weight is 468 g/mol. The summed E-state index contributed by atoms with van der Waals surface area (Å²) in [5.74, 6) is -1.08. The predicted molar refractivity (Wildman–Crippen MR) is 126 cm³/mol. The summed E-state index contributed by atoms with van der Waals surface area (Å²) in [5, 5.41) is 12.0. The first-order chi connectivity index (χ1) is 15.8. The van der Waals surface area contributed by atoms with E-state index in [-0.39, 0.29) is 34.4 Å². The molecule has 0 bridgehead atoms. The number of hydrogen-bond acceptors (Lipinski definition) is 8. The maximum absolute atomic E-state index is 12.1. The van der Waals surface area contributed by atoms with Crippen molar-refractivity contribution in [3.8, 4) is 0 Å². The third-order valence-electron chi connectivity index (χ3n) is 4.92. The van der Waals surface area contributed by atoms with E-state index in [2.05, 4.69) is 35.2 Å². The van der Waals surface area contributed by atoms with Crippen LogP contribution in [-0.2, 0) is 11.2 Å². The minimum atomic E-state index is -1.08. The van der Waals surface area contributed by atoms with Gasteiger partial charge in [0.15, 0.2) is 5.84 Å². The Hall–Kier alpha value is -4.12. The van der Waals surface area contributed by atoms with Gasteiger partial charge in [0.2, 0.25) is 0 Å². The molecule has 0 saturated carbocycles. The number of aromatic nitrogens is 5. The molecule has 0 fully saturated rings. The normalized spacial score (nSPS) is 16.0. The van der Waals surface area contributed by atoms with Gasteiger partial charge in [0.05, 0.1) is 5.56 Å². The third-order valence-corrected chi connectivity index (χ3v) is 4.92. The molecule has 11 heteroatoms. The molecule has 4 heterocycles. The summed E-state index contributed by atoms with van der Waals surface area (Å²) in [4.78, 5) is 46.8. The van der Waals surface area contributed by atoms with E-state index in [0.717, 1.165) is 5.56 Å². The predicted octanol–water partition coefficient (Wildman–Crippen LogP) is 1.76. The van der Waals surface area contributed by atoms with Gasteiger partial charge in [-0.05, 0) is 43.0 Å². The SMILES string of the molecule is CCc1cnc(C2=NC(C)(C(C)C)C(=O)N2)c(C(=O)O)c1.O.c1cncnc1.c1cncnc1. The number of hydrogen-bond donors (Lipinski definition) is 2. The Bertz CT molecular complexity index is 994. The van der Waals surface area contributed by atoms with Crippen LogP contribution in [0, 0.1) is 5.92 Å². The summed E-state index contributed by atoms with van der Waals surface area (Å²) < 4.78 is 0. The molecule has 0 radical (unpaired) electrons. The Balaban J connectivity index is 0.000000361. The van der Waals surface area contributed by atoms with Crippen LogP contribution in [0.4, 0.5) is 0 Å². The maximum Gasteiger partial charge on any atom is 0.338 e. The number of carboxylic acids is 1. The lowest BCUT2D eigenvalue weighted by Gasteiger charge is -2.21. The highest BCUT2D eigenvalue weighted by Crippen LogP contribution is 2.27. The molecule has 1 aliphatic rings. The van der Waals surface area contributed by atoms with Crippen molar-refractivity contribution in [3.63, 3.8) is 0 Å². The number of aliphatic imine (C=N–C) groups is 1. The fourth-order valence-electron chi connectivity index (χ4n) is 2.61. The molecule has 34 heavy (non-hydrogen) atoms. The lowest BCUT2D eigenvalue weighted by molar-refractivity contribution is -0.124. The van der Waals surface area contributed by atoms with E-state index in [9.17, 15) is 14.7 Å². The molecule has 1 atom stereocenters.